The number of fused-ring (bicyclic) bond motifs is 1. The van der Waals surface area contributed by atoms with Gasteiger partial charge in [-0.15, -0.1) is 0 Å². The average molecular weight is 457 g/mol. The molecular weight excluding hydrogens is 428 g/mol. The molecule has 0 spiro atoms. The van der Waals surface area contributed by atoms with Gasteiger partial charge >= 0.3 is 6.03 Å². The highest BCUT2D eigenvalue weighted by Crippen LogP contribution is 2.24. The number of hydrogen-bond donors (Lipinski definition) is 1. The average Bonchev–Trinajstić information content (AvgIpc) is 2.72. The number of carbonyl (C=O) groups excluding carboxylic acids is 1. The van der Waals surface area contributed by atoms with Crippen LogP contribution in [0.15, 0.2) is 53.3 Å². The van der Waals surface area contributed by atoms with E-state index >= 15 is 0 Å². The Morgan fingerprint density at radius 3 is 2.59 bits per heavy atom. The van der Waals surface area contributed by atoms with Gasteiger partial charge in [-0.05, 0) is 58.0 Å². The maximum absolute atomic E-state index is 13.5. The summed E-state index contributed by atoms with van der Waals surface area (Å²) in [5.41, 5.74) is 0.514. The number of para-hydroxylation sites is 1. The van der Waals surface area contributed by atoms with E-state index in [0.29, 0.717) is 40.6 Å². The first kappa shape index (κ1) is 23.8. The Hall–Kier alpha value is -2.90. The summed E-state index contributed by atoms with van der Waals surface area (Å²) in [6.07, 6.45) is 0. The van der Waals surface area contributed by atoms with Crippen molar-refractivity contribution in [2.24, 2.45) is 0 Å². The summed E-state index contributed by atoms with van der Waals surface area (Å²) in [4.78, 5) is 33.1. The van der Waals surface area contributed by atoms with Crippen LogP contribution in [0, 0.1) is 0 Å². The van der Waals surface area contributed by atoms with E-state index in [-0.39, 0.29) is 11.6 Å². The van der Waals surface area contributed by atoms with Crippen molar-refractivity contribution in [1.29, 1.82) is 0 Å². The van der Waals surface area contributed by atoms with Crippen molar-refractivity contribution in [2.75, 3.05) is 20.3 Å². The third-order valence-electron chi connectivity index (χ3n) is 4.99. The largest absolute Gasteiger partial charge is 0.383 e. The molecule has 1 unspecified atom stereocenters. The summed E-state index contributed by atoms with van der Waals surface area (Å²) in [7, 11) is 1.58. The van der Waals surface area contributed by atoms with Gasteiger partial charge in [0.1, 0.15) is 5.82 Å². The number of hydrogen-bond acceptors (Lipinski definition) is 4. The first-order chi connectivity index (χ1) is 15.1. The van der Waals surface area contributed by atoms with Gasteiger partial charge in [-0.2, -0.15) is 0 Å². The molecule has 1 N–H and O–H groups in total. The van der Waals surface area contributed by atoms with E-state index in [9.17, 15) is 9.59 Å². The molecule has 0 aliphatic carbocycles. The molecule has 0 saturated heterocycles. The van der Waals surface area contributed by atoms with Crippen LogP contribution < -0.4 is 10.9 Å². The summed E-state index contributed by atoms with van der Waals surface area (Å²) in [6.45, 7) is 8.28. The van der Waals surface area contributed by atoms with Gasteiger partial charge in [-0.1, -0.05) is 29.8 Å². The van der Waals surface area contributed by atoms with E-state index in [0.717, 1.165) is 0 Å². The summed E-state index contributed by atoms with van der Waals surface area (Å²) < 4.78 is 6.77. The highest BCUT2D eigenvalue weighted by molar-refractivity contribution is 6.30. The minimum atomic E-state index is -0.524. The number of methoxy groups -OCH3 is 1. The number of nitrogens with one attached hydrogen (secondary N) is 1. The van der Waals surface area contributed by atoms with Gasteiger partial charge in [-0.3, -0.25) is 9.36 Å². The number of nitrogens with zero attached hydrogens (tertiary/aromatic N) is 3. The molecule has 32 heavy (non-hydrogen) atoms. The lowest BCUT2D eigenvalue weighted by Crippen LogP contribution is -2.50. The lowest BCUT2D eigenvalue weighted by Gasteiger charge is -2.33. The molecule has 8 heteroatoms. The molecule has 3 rings (SSSR count). The van der Waals surface area contributed by atoms with Gasteiger partial charge in [0, 0.05) is 24.2 Å². The predicted molar refractivity (Wildman–Crippen MR) is 128 cm³/mol. The second-order valence-corrected chi connectivity index (χ2v) is 9.09. The van der Waals surface area contributed by atoms with Gasteiger partial charge in [0.15, 0.2) is 0 Å². The first-order valence-electron chi connectivity index (χ1n) is 10.5. The molecule has 0 fully saturated rings. The Labute approximate surface area is 193 Å². The maximum atomic E-state index is 13.5. The highest BCUT2D eigenvalue weighted by atomic mass is 35.5. The predicted octanol–water partition coefficient (Wildman–Crippen LogP) is 4.56. The van der Waals surface area contributed by atoms with E-state index < -0.39 is 11.6 Å². The molecule has 3 aromatic rings. The van der Waals surface area contributed by atoms with Gasteiger partial charge in [0.2, 0.25) is 0 Å². The summed E-state index contributed by atoms with van der Waals surface area (Å²) in [6, 6.07) is 13.4. The molecular formula is C24H29ClN4O3. The van der Waals surface area contributed by atoms with Crippen LogP contribution in [0.4, 0.5) is 4.79 Å². The van der Waals surface area contributed by atoms with Crippen molar-refractivity contribution >= 4 is 28.5 Å². The Morgan fingerprint density at radius 1 is 1.22 bits per heavy atom. The molecule has 0 aliphatic heterocycles. The topological polar surface area (TPSA) is 76.5 Å². The summed E-state index contributed by atoms with van der Waals surface area (Å²) in [5, 5.41) is 3.99. The van der Waals surface area contributed by atoms with Crippen molar-refractivity contribution in [2.45, 2.75) is 39.3 Å². The standard InChI is InChI=1S/C24H29ClN4O3/c1-16(28(13-14-32-5)23(31)27-24(2,3)4)21-26-20-12-7-6-11-19(20)22(30)29(21)18-10-8-9-17(25)15-18/h6-12,15-16H,13-14H2,1-5H3,(H,27,31). The third kappa shape index (κ3) is 5.29. The van der Waals surface area contributed by atoms with Crippen LogP contribution in [-0.4, -0.2) is 46.3 Å². The molecule has 0 radical (unpaired) electrons. The van der Waals surface area contributed by atoms with Crippen molar-refractivity contribution in [3.63, 3.8) is 0 Å². The zero-order valence-corrected chi connectivity index (χ0v) is 19.8. The number of urea groups is 1. The number of benzene rings is 2. The molecule has 0 saturated carbocycles. The number of halogens is 1. The Kier molecular flexibility index (Phi) is 7.21. The number of amides is 2. The summed E-state index contributed by atoms with van der Waals surface area (Å²) in [5.74, 6) is 0.441. The number of aromatic nitrogens is 2. The maximum Gasteiger partial charge on any atom is 0.318 e. The van der Waals surface area contributed by atoms with Crippen molar-refractivity contribution in [3.05, 3.63) is 69.7 Å². The Balaban J connectivity index is 2.21. The van der Waals surface area contributed by atoms with Crippen molar-refractivity contribution in [1.82, 2.24) is 19.8 Å². The van der Waals surface area contributed by atoms with Crippen LogP contribution in [0.2, 0.25) is 5.02 Å². The lowest BCUT2D eigenvalue weighted by atomic mass is 10.1. The van der Waals surface area contributed by atoms with Gasteiger partial charge < -0.3 is 15.0 Å². The normalized spacial score (nSPS) is 12.6. The van der Waals surface area contributed by atoms with Crippen LogP contribution in [0.3, 0.4) is 0 Å². The molecule has 0 bridgehead atoms. The molecule has 2 aromatic carbocycles. The van der Waals surface area contributed by atoms with E-state index in [1.807, 2.05) is 33.8 Å². The minimum Gasteiger partial charge on any atom is -0.383 e. The van der Waals surface area contributed by atoms with Gasteiger partial charge in [0.25, 0.3) is 5.56 Å². The molecule has 170 valence electrons. The zero-order valence-electron chi connectivity index (χ0n) is 19.1. The van der Waals surface area contributed by atoms with Crippen molar-refractivity contribution in [3.8, 4) is 5.69 Å². The van der Waals surface area contributed by atoms with Crippen LogP contribution >= 0.6 is 11.6 Å². The quantitative estimate of drug-likeness (QED) is 0.590. The van der Waals surface area contributed by atoms with E-state index in [2.05, 4.69) is 5.32 Å². The molecule has 1 atom stereocenters. The van der Waals surface area contributed by atoms with Crippen LogP contribution in [-0.2, 0) is 4.74 Å². The Bertz CT molecular complexity index is 1170. The molecule has 7 nitrogen and oxygen atoms in total. The number of carbonyl (C=O) groups is 1. The monoisotopic (exact) mass is 456 g/mol. The minimum absolute atomic E-state index is 0.220. The summed E-state index contributed by atoms with van der Waals surface area (Å²) >= 11 is 6.22. The fourth-order valence-corrected chi connectivity index (χ4v) is 3.67. The van der Waals surface area contributed by atoms with Crippen LogP contribution in [0.5, 0.6) is 0 Å². The van der Waals surface area contributed by atoms with E-state index in [1.165, 1.54) is 4.57 Å². The fraction of sp³-hybridized carbons (Fsp3) is 0.375. The number of rotatable bonds is 6. The van der Waals surface area contributed by atoms with Crippen LogP contribution in [0.25, 0.3) is 16.6 Å². The molecule has 2 amide bonds. The van der Waals surface area contributed by atoms with E-state index in [4.69, 9.17) is 21.3 Å². The third-order valence-corrected chi connectivity index (χ3v) is 5.22. The lowest BCUT2D eigenvalue weighted by molar-refractivity contribution is 0.126. The molecule has 1 heterocycles. The molecule has 0 aliphatic rings. The Morgan fingerprint density at radius 2 is 1.94 bits per heavy atom. The van der Waals surface area contributed by atoms with Crippen molar-refractivity contribution < 1.29 is 9.53 Å². The smallest absolute Gasteiger partial charge is 0.318 e. The zero-order chi connectivity index (χ0) is 23.5. The second kappa shape index (κ2) is 9.71. The van der Waals surface area contributed by atoms with Crippen LogP contribution in [0.1, 0.15) is 39.6 Å². The van der Waals surface area contributed by atoms with Gasteiger partial charge in [0.05, 0.1) is 29.2 Å². The second-order valence-electron chi connectivity index (χ2n) is 8.65. The highest BCUT2D eigenvalue weighted by Gasteiger charge is 2.28. The van der Waals surface area contributed by atoms with E-state index in [1.54, 1.807) is 54.5 Å². The number of ether oxygens (including phenoxy) is 1. The fourth-order valence-electron chi connectivity index (χ4n) is 3.49. The first-order valence-corrected chi connectivity index (χ1v) is 10.9. The van der Waals surface area contributed by atoms with Gasteiger partial charge in [-0.25, -0.2) is 9.78 Å². The molecule has 1 aromatic heterocycles. The SMILES string of the molecule is COCCN(C(=O)NC(C)(C)C)C(C)c1nc2ccccc2c(=O)n1-c1cccc(Cl)c1.